The molecule has 1 aromatic carbocycles. The lowest BCUT2D eigenvalue weighted by molar-refractivity contribution is -0.135. The minimum Gasteiger partial charge on any atom is -0.352 e. The van der Waals surface area contributed by atoms with Gasteiger partial charge in [-0.25, -0.2) is 4.79 Å². The Balaban J connectivity index is 1.71. The smallest absolute Gasteiger partial charge is 0.325 e. The molecule has 6 heteroatoms. The van der Waals surface area contributed by atoms with Gasteiger partial charge in [0.2, 0.25) is 5.91 Å². The molecule has 0 aromatic heterocycles. The van der Waals surface area contributed by atoms with Crippen molar-refractivity contribution in [2.75, 3.05) is 6.54 Å². The second-order valence-corrected chi connectivity index (χ2v) is 7.38. The van der Waals surface area contributed by atoms with Gasteiger partial charge in [0.05, 0.1) is 0 Å². The highest BCUT2D eigenvalue weighted by atomic mass is 16.2. The van der Waals surface area contributed by atoms with Crippen LogP contribution in [-0.2, 0) is 15.1 Å². The largest absolute Gasteiger partial charge is 0.352 e. The number of amides is 4. The van der Waals surface area contributed by atoms with Gasteiger partial charge in [-0.15, -0.1) is 0 Å². The van der Waals surface area contributed by atoms with E-state index in [1.165, 1.54) is 6.42 Å². The molecule has 2 fully saturated rings. The zero-order valence-electron chi connectivity index (χ0n) is 15.5. The summed E-state index contributed by atoms with van der Waals surface area (Å²) in [4.78, 5) is 39.0. The zero-order valence-corrected chi connectivity index (χ0v) is 15.5. The van der Waals surface area contributed by atoms with Crippen molar-refractivity contribution in [3.05, 3.63) is 35.9 Å². The molecule has 1 heterocycles. The van der Waals surface area contributed by atoms with E-state index in [0.717, 1.165) is 29.7 Å². The Hall–Kier alpha value is -2.37. The number of benzene rings is 1. The van der Waals surface area contributed by atoms with E-state index < -0.39 is 11.6 Å². The van der Waals surface area contributed by atoms with Crippen LogP contribution in [0.5, 0.6) is 0 Å². The van der Waals surface area contributed by atoms with Crippen molar-refractivity contribution in [3.63, 3.8) is 0 Å². The SMILES string of the molecule is CCC1(c2ccccc2)NC(=O)N(CC(=O)NC2CCCCC2C)C1=O. The number of hydrogen-bond donors (Lipinski definition) is 2. The highest BCUT2D eigenvalue weighted by Crippen LogP contribution is 2.32. The van der Waals surface area contributed by atoms with Gasteiger partial charge in [0.25, 0.3) is 5.91 Å². The van der Waals surface area contributed by atoms with E-state index >= 15 is 0 Å². The van der Waals surface area contributed by atoms with Crippen LogP contribution >= 0.6 is 0 Å². The van der Waals surface area contributed by atoms with Crippen LogP contribution in [0.15, 0.2) is 30.3 Å². The highest BCUT2D eigenvalue weighted by Gasteiger charge is 2.51. The second-order valence-electron chi connectivity index (χ2n) is 7.38. The molecule has 2 N–H and O–H groups in total. The molecule has 26 heavy (non-hydrogen) atoms. The van der Waals surface area contributed by atoms with Gasteiger partial charge in [0, 0.05) is 6.04 Å². The maximum Gasteiger partial charge on any atom is 0.325 e. The number of hydrogen-bond acceptors (Lipinski definition) is 3. The summed E-state index contributed by atoms with van der Waals surface area (Å²) in [6.07, 6.45) is 4.78. The van der Waals surface area contributed by atoms with E-state index in [4.69, 9.17) is 0 Å². The van der Waals surface area contributed by atoms with Crippen LogP contribution in [0.25, 0.3) is 0 Å². The molecule has 4 amide bonds. The first-order chi connectivity index (χ1) is 12.5. The van der Waals surface area contributed by atoms with Crippen LogP contribution in [0, 0.1) is 5.92 Å². The monoisotopic (exact) mass is 357 g/mol. The summed E-state index contributed by atoms with van der Waals surface area (Å²) in [6.45, 7) is 3.76. The Bertz CT molecular complexity index is 691. The maximum absolute atomic E-state index is 13.0. The second kappa shape index (κ2) is 7.48. The van der Waals surface area contributed by atoms with Crippen LogP contribution in [0.4, 0.5) is 4.79 Å². The normalized spacial score (nSPS) is 28.8. The molecule has 2 aliphatic rings. The molecular weight excluding hydrogens is 330 g/mol. The average molecular weight is 357 g/mol. The van der Waals surface area contributed by atoms with Gasteiger partial charge < -0.3 is 10.6 Å². The van der Waals surface area contributed by atoms with Crippen molar-refractivity contribution in [2.24, 2.45) is 5.92 Å². The van der Waals surface area contributed by atoms with Crippen molar-refractivity contribution in [1.82, 2.24) is 15.5 Å². The first-order valence-corrected chi connectivity index (χ1v) is 9.47. The molecule has 3 unspecified atom stereocenters. The molecule has 140 valence electrons. The number of nitrogens with one attached hydrogen (secondary N) is 2. The fraction of sp³-hybridized carbons (Fsp3) is 0.550. The van der Waals surface area contributed by atoms with Crippen molar-refractivity contribution in [3.8, 4) is 0 Å². The molecule has 6 nitrogen and oxygen atoms in total. The molecule has 1 aromatic rings. The van der Waals surface area contributed by atoms with Gasteiger partial charge in [-0.2, -0.15) is 0 Å². The van der Waals surface area contributed by atoms with E-state index in [1.54, 1.807) is 0 Å². The molecule has 0 bridgehead atoms. The zero-order chi connectivity index (χ0) is 18.7. The maximum atomic E-state index is 13.0. The molecule has 1 saturated heterocycles. The van der Waals surface area contributed by atoms with Gasteiger partial charge in [0.1, 0.15) is 12.1 Å². The van der Waals surface area contributed by atoms with Gasteiger partial charge >= 0.3 is 6.03 Å². The lowest BCUT2D eigenvalue weighted by Crippen LogP contribution is -2.48. The Labute approximate surface area is 154 Å². The van der Waals surface area contributed by atoms with Crippen molar-refractivity contribution >= 4 is 17.8 Å². The average Bonchev–Trinajstić information content (AvgIpc) is 2.89. The molecule has 0 spiro atoms. The van der Waals surface area contributed by atoms with Crippen LogP contribution < -0.4 is 10.6 Å². The molecule has 1 saturated carbocycles. The summed E-state index contributed by atoms with van der Waals surface area (Å²) in [7, 11) is 0. The van der Waals surface area contributed by atoms with Gasteiger partial charge in [-0.1, -0.05) is 57.0 Å². The number of carbonyl (C=O) groups is 3. The quantitative estimate of drug-likeness (QED) is 0.795. The summed E-state index contributed by atoms with van der Waals surface area (Å²) in [5.41, 5.74) is -0.346. The van der Waals surface area contributed by atoms with Gasteiger partial charge in [-0.05, 0) is 30.7 Å². The highest BCUT2D eigenvalue weighted by molar-refractivity contribution is 6.09. The summed E-state index contributed by atoms with van der Waals surface area (Å²) in [5, 5.41) is 5.82. The fourth-order valence-electron chi connectivity index (χ4n) is 4.06. The van der Waals surface area contributed by atoms with Crippen molar-refractivity contribution in [1.29, 1.82) is 0 Å². The Morgan fingerprint density at radius 2 is 1.92 bits per heavy atom. The first-order valence-electron chi connectivity index (χ1n) is 9.47. The third kappa shape index (κ3) is 3.32. The molecule has 3 atom stereocenters. The molecular formula is C20H27N3O3. The number of carbonyl (C=O) groups excluding carboxylic acids is 3. The van der Waals surface area contributed by atoms with Crippen LogP contribution in [-0.4, -0.2) is 35.3 Å². The summed E-state index contributed by atoms with van der Waals surface area (Å²) >= 11 is 0. The minimum absolute atomic E-state index is 0.127. The van der Waals surface area contributed by atoms with Crippen LogP contribution in [0.3, 0.4) is 0 Å². The third-order valence-electron chi connectivity index (χ3n) is 5.73. The van der Waals surface area contributed by atoms with Crippen LogP contribution in [0.2, 0.25) is 0 Å². The number of rotatable bonds is 5. The predicted molar refractivity (Wildman–Crippen MR) is 98.2 cm³/mol. The summed E-state index contributed by atoms with van der Waals surface area (Å²) < 4.78 is 0. The van der Waals surface area contributed by atoms with E-state index in [2.05, 4.69) is 17.6 Å². The predicted octanol–water partition coefficient (Wildman–Crippen LogP) is 2.54. The topological polar surface area (TPSA) is 78.5 Å². The standard InChI is InChI=1S/C20H27N3O3/c1-3-20(15-10-5-4-6-11-15)18(25)23(19(26)22-20)13-17(24)21-16-12-8-7-9-14(16)2/h4-6,10-11,14,16H,3,7-9,12-13H2,1-2H3,(H,21,24)(H,22,26). The van der Waals surface area contributed by atoms with Crippen molar-refractivity contribution in [2.45, 2.75) is 57.5 Å². The van der Waals surface area contributed by atoms with Gasteiger partial charge in [0.15, 0.2) is 0 Å². The minimum atomic E-state index is -1.09. The van der Waals surface area contributed by atoms with Crippen LogP contribution in [0.1, 0.15) is 51.5 Å². The molecule has 1 aliphatic heterocycles. The Morgan fingerprint density at radius 3 is 2.58 bits per heavy atom. The van der Waals surface area contributed by atoms with E-state index in [1.807, 2.05) is 37.3 Å². The Kier molecular flexibility index (Phi) is 5.30. The fourth-order valence-corrected chi connectivity index (χ4v) is 4.06. The van der Waals surface area contributed by atoms with E-state index in [9.17, 15) is 14.4 Å². The summed E-state index contributed by atoms with van der Waals surface area (Å²) in [5.74, 6) is -0.204. The first kappa shape index (κ1) is 18.4. The van der Waals surface area contributed by atoms with Crippen molar-refractivity contribution < 1.29 is 14.4 Å². The lowest BCUT2D eigenvalue weighted by Gasteiger charge is -2.30. The van der Waals surface area contributed by atoms with Gasteiger partial charge in [-0.3, -0.25) is 14.5 Å². The molecule has 0 radical (unpaired) electrons. The van der Waals surface area contributed by atoms with E-state index in [-0.39, 0.29) is 24.4 Å². The Morgan fingerprint density at radius 1 is 1.23 bits per heavy atom. The lowest BCUT2D eigenvalue weighted by atomic mass is 9.86. The van der Waals surface area contributed by atoms with E-state index in [0.29, 0.717) is 12.3 Å². The molecule has 3 rings (SSSR count). The molecule has 1 aliphatic carbocycles. The number of imide groups is 1. The number of nitrogens with zero attached hydrogens (tertiary/aromatic N) is 1. The third-order valence-corrected chi connectivity index (χ3v) is 5.73. The number of urea groups is 1. The summed E-state index contributed by atoms with van der Waals surface area (Å²) in [6, 6.07) is 8.82.